The van der Waals surface area contributed by atoms with Crippen LogP contribution in [-0.4, -0.2) is 6.54 Å². The van der Waals surface area contributed by atoms with Crippen molar-refractivity contribution in [2.75, 3.05) is 6.54 Å². The lowest BCUT2D eigenvalue weighted by molar-refractivity contribution is 0.541. The summed E-state index contributed by atoms with van der Waals surface area (Å²) < 4.78 is 0. The minimum atomic E-state index is 0.649. The zero-order valence-electron chi connectivity index (χ0n) is 11.1. The van der Waals surface area contributed by atoms with Crippen molar-refractivity contribution < 1.29 is 0 Å². The first-order valence-corrected chi connectivity index (χ1v) is 5.69. The monoisotopic (exact) mass is 211 g/mol. The van der Waals surface area contributed by atoms with Gasteiger partial charge in [-0.2, -0.15) is 0 Å². The third-order valence-electron chi connectivity index (χ3n) is 1.56. The van der Waals surface area contributed by atoms with E-state index < -0.39 is 0 Å². The first kappa shape index (κ1) is 19.7. The van der Waals surface area contributed by atoms with Crippen LogP contribution in [0.25, 0.3) is 0 Å². The second-order valence-electron chi connectivity index (χ2n) is 3.16. The van der Waals surface area contributed by atoms with Crippen molar-refractivity contribution in [3.63, 3.8) is 0 Å². The van der Waals surface area contributed by atoms with Crippen molar-refractivity contribution in [3.05, 3.63) is 37.5 Å². The van der Waals surface area contributed by atoms with Gasteiger partial charge in [0.25, 0.3) is 0 Å². The molecule has 0 heterocycles. The van der Waals surface area contributed by atoms with Gasteiger partial charge in [0.2, 0.25) is 0 Å². The van der Waals surface area contributed by atoms with Gasteiger partial charge in [-0.05, 0) is 32.2 Å². The Kier molecular flexibility index (Phi) is 24.8. The molecule has 2 N–H and O–H groups in total. The van der Waals surface area contributed by atoms with Crippen molar-refractivity contribution in [3.8, 4) is 0 Å². The van der Waals surface area contributed by atoms with E-state index in [4.69, 9.17) is 5.73 Å². The predicted molar refractivity (Wildman–Crippen MR) is 74.0 cm³/mol. The van der Waals surface area contributed by atoms with Gasteiger partial charge in [0.15, 0.2) is 0 Å². The molecule has 0 aliphatic heterocycles. The quantitative estimate of drug-likeness (QED) is 0.532. The lowest BCUT2D eigenvalue weighted by Gasteiger charge is -2.08. The van der Waals surface area contributed by atoms with Crippen molar-refractivity contribution in [1.82, 2.24) is 0 Å². The van der Waals surface area contributed by atoms with Gasteiger partial charge in [0.1, 0.15) is 0 Å². The van der Waals surface area contributed by atoms with Crippen molar-refractivity contribution in [2.45, 2.75) is 40.5 Å². The molecule has 0 fully saturated rings. The highest BCUT2D eigenvalue weighted by molar-refractivity contribution is 5.10. The SMILES string of the molecule is C=CC.C=CC(=C)CC(C)CCN.CC. The number of hydrogen-bond acceptors (Lipinski definition) is 1. The van der Waals surface area contributed by atoms with E-state index in [1.165, 1.54) is 0 Å². The highest BCUT2D eigenvalue weighted by Gasteiger charge is 1.99. The Bertz CT molecular complexity index is 147. The van der Waals surface area contributed by atoms with Crippen molar-refractivity contribution in [2.24, 2.45) is 11.7 Å². The molecule has 1 nitrogen and oxygen atoms in total. The first-order valence-electron chi connectivity index (χ1n) is 5.69. The Morgan fingerprint density at radius 3 is 2.00 bits per heavy atom. The molecule has 1 unspecified atom stereocenters. The van der Waals surface area contributed by atoms with E-state index in [1.807, 2.05) is 26.8 Å². The number of nitrogens with two attached hydrogens (primary N) is 1. The minimum absolute atomic E-state index is 0.649. The second kappa shape index (κ2) is 18.9. The summed E-state index contributed by atoms with van der Waals surface area (Å²) in [6.07, 6.45) is 5.67. The van der Waals surface area contributed by atoms with E-state index in [9.17, 15) is 0 Å². The van der Waals surface area contributed by atoms with E-state index in [0.29, 0.717) is 5.92 Å². The molecular weight excluding hydrogens is 182 g/mol. The number of rotatable bonds is 5. The molecule has 0 saturated heterocycles. The maximum atomic E-state index is 5.39. The normalized spacial score (nSPS) is 9.67. The molecule has 0 aromatic carbocycles. The molecular formula is C14H29N. The Balaban J connectivity index is -0.000000245. The van der Waals surface area contributed by atoms with Gasteiger partial charge >= 0.3 is 0 Å². The number of hydrogen-bond donors (Lipinski definition) is 1. The Labute approximate surface area is 96.8 Å². The van der Waals surface area contributed by atoms with Crippen LogP contribution in [0.15, 0.2) is 37.5 Å². The molecule has 0 aromatic rings. The van der Waals surface area contributed by atoms with E-state index in [1.54, 1.807) is 6.08 Å². The maximum absolute atomic E-state index is 5.39. The maximum Gasteiger partial charge on any atom is -0.00746 e. The number of allylic oxidation sites excluding steroid dienone is 3. The van der Waals surface area contributed by atoms with Crippen LogP contribution < -0.4 is 5.73 Å². The summed E-state index contributed by atoms with van der Waals surface area (Å²) in [4.78, 5) is 0. The minimum Gasteiger partial charge on any atom is -0.330 e. The summed E-state index contributed by atoms with van der Waals surface area (Å²) >= 11 is 0. The van der Waals surface area contributed by atoms with E-state index in [2.05, 4.69) is 26.7 Å². The summed E-state index contributed by atoms with van der Waals surface area (Å²) in [5.41, 5.74) is 6.50. The Hall–Kier alpha value is -0.820. The topological polar surface area (TPSA) is 26.0 Å². The summed E-state index contributed by atoms with van der Waals surface area (Å²) in [6, 6.07) is 0. The average molecular weight is 211 g/mol. The van der Waals surface area contributed by atoms with E-state index in [-0.39, 0.29) is 0 Å². The fourth-order valence-electron chi connectivity index (χ4n) is 0.917. The first-order chi connectivity index (χ1) is 7.12. The Morgan fingerprint density at radius 1 is 1.33 bits per heavy atom. The fraction of sp³-hybridized carbons (Fsp3) is 0.571. The molecule has 0 radical (unpaired) electrons. The van der Waals surface area contributed by atoms with Crippen molar-refractivity contribution in [1.29, 1.82) is 0 Å². The van der Waals surface area contributed by atoms with Crippen LogP contribution in [0.2, 0.25) is 0 Å². The van der Waals surface area contributed by atoms with Crippen molar-refractivity contribution >= 4 is 0 Å². The van der Waals surface area contributed by atoms with Crippen LogP contribution >= 0.6 is 0 Å². The zero-order valence-corrected chi connectivity index (χ0v) is 11.1. The highest BCUT2D eigenvalue weighted by Crippen LogP contribution is 2.12. The largest absolute Gasteiger partial charge is 0.330 e. The molecule has 90 valence electrons. The van der Waals surface area contributed by atoms with Gasteiger partial charge in [0, 0.05) is 0 Å². The van der Waals surface area contributed by atoms with Gasteiger partial charge in [-0.25, -0.2) is 0 Å². The third-order valence-corrected chi connectivity index (χ3v) is 1.56. The second-order valence-corrected chi connectivity index (χ2v) is 3.16. The van der Waals surface area contributed by atoms with Crippen LogP contribution in [-0.2, 0) is 0 Å². The molecule has 0 aromatic heterocycles. The van der Waals surface area contributed by atoms with E-state index >= 15 is 0 Å². The summed E-state index contributed by atoms with van der Waals surface area (Å²) in [5, 5.41) is 0. The molecule has 1 heteroatoms. The molecule has 0 aliphatic carbocycles. The third kappa shape index (κ3) is 24.6. The van der Waals surface area contributed by atoms with Gasteiger partial charge in [0.05, 0.1) is 0 Å². The van der Waals surface area contributed by atoms with Crippen LogP contribution in [0.1, 0.15) is 40.5 Å². The molecule has 0 aliphatic rings. The Morgan fingerprint density at radius 2 is 1.73 bits per heavy atom. The van der Waals surface area contributed by atoms with Gasteiger partial charge < -0.3 is 5.73 Å². The van der Waals surface area contributed by atoms with E-state index in [0.717, 1.165) is 25.0 Å². The zero-order chi connectivity index (χ0) is 12.7. The summed E-state index contributed by atoms with van der Waals surface area (Å²) in [7, 11) is 0. The average Bonchev–Trinajstić information content (AvgIpc) is 2.22. The lowest BCUT2D eigenvalue weighted by Crippen LogP contribution is -2.05. The lowest BCUT2D eigenvalue weighted by atomic mass is 9.99. The predicted octanol–water partition coefficient (Wildman–Crippen LogP) is 4.32. The molecule has 0 saturated carbocycles. The molecule has 15 heavy (non-hydrogen) atoms. The van der Waals surface area contributed by atoms with Gasteiger partial charge in [-0.1, -0.05) is 51.7 Å². The molecule has 0 rings (SSSR count). The highest BCUT2D eigenvalue weighted by atomic mass is 14.5. The molecule has 0 bridgehead atoms. The molecule has 0 spiro atoms. The smallest absolute Gasteiger partial charge is 0.00746 e. The molecule has 0 amide bonds. The van der Waals surface area contributed by atoms with Gasteiger partial charge in [-0.15, -0.1) is 6.58 Å². The van der Waals surface area contributed by atoms with Crippen LogP contribution in [0.3, 0.4) is 0 Å². The van der Waals surface area contributed by atoms with Crippen LogP contribution in [0, 0.1) is 5.92 Å². The van der Waals surface area contributed by atoms with Crippen LogP contribution in [0.5, 0.6) is 0 Å². The summed E-state index contributed by atoms with van der Waals surface area (Å²) in [6.45, 7) is 19.7. The van der Waals surface area contributed by atoms with Crippen LogP contribution in [0.4, 0.5) is 0 Å². The van der Waals surface area contributed by atoms with Gasteiger partial charge in [-0.3, -0.25) is 0 Å². The summed E-state index contributed by atoms with van der Waals surface area (Å²) in [5.74, 6) is 0.649. The molecule has 1 atom stereocenters. The standard InChI is InChI=1S/C9H17N.C3H6.C2H6/c1-4-8(2)7-9(3)5-6-10;1-3-2;1-2/h4,9H,1-2,5-7,10H2,3H3;3H,1H2,2H3;1-2H3. The fourth-order valence-corrected chi connectivity index (χ4v) is 0.917.